The fourth-order valence-corrected chi connectivity index (χ4v) is 2.56. The van der Waals surface area contributed by atoms with Gasteiger partial charge in [0, 0.05) is 18.5 Å². The van der Waals surface area contributed by atoms with Gasteiger partial charge < -0.3 is 5.11 Å². The zero-order valence-corrected chi connectivity index (χ0v) is 10.7. The van der Waals surface area contributed by atoms with E-state index in [4.69, 9.17) is 5.11 Å². The summed E-state index contributed by atoms with van der Waals surface area (Å²) in [6, 6.07) is -0.431. The Kier molecular flexibility index (Phi) is 6.54. The van der Waals surface area contributed by atoms with Crippen LogP contribution in [0.3, 0.4) is 0 Å². The van der Waals surface area contributed by atoms with E-state index >= 15 is 0 Å². The molecule has 0 saturated carbocycles. The van der Waals surface area contributed by atoms with Crippen molar-refractivity contribution in [3.05, 3.63) is 0 Å². The average Bonchev–Trinajstić information content (AvgIpc) is 1.98. The summed E-state index contributed by atoms with van der Waals surface area (Å²) in [7, 11) is -3.48. The molecule has 1 atom stereocenters. The molecule has 0 rings (SSSR count). The lowest BCUT2D eigenvalue weighted by atomic mass is 10.1. The van der Waals surface area contributed by atoms with Crippen LogP contribution in [0.4, 0.5) is 0 Å². The smallest absolute Gasteiger partial charge is 0.303 e. The molecule has 0 amide bonds. The molecule has 16 heavy (non-hydrogen) atoms. The van der Waals surface area contributed by atoms with Gasteiger partial charge in [0.05, 0.1) is 0 Å². The standard InChI is InChI=1S/C9H20N2O4S/c1-7(2)10-16(14,15)11-8(3)5-4-6-9(12)13/h7-8,10-11H,4-6H2,1-3H3,(H,12,13). The van der Waals surface area contributed by atoms with Crippen LogP contribution in [0.25, 0.3) is 0 Å². The molecule has 7 heteroatoms. The average molecular weight is 252 g/mol. The van der Waals surface area contributed by atoms with E-state index < -0.39 is 16.2 Å². The highest BCUT2D eigenvalue weighted by molar-refractivity contribution is 7.87. The highest BCUT2D eigenvalue weighted by Crippen LogP contribution is 2.01. The van der Waals surface area contributed by atoms with Crippen molar-refractivity contribution in [3.8, 4) is 0 Å². The van der Waals surface area contributed by atoms with E-state index in [1.807, 2.05) is 0 Å². The molecule has 0 spiro atoms. The fraction of sp³-hybridized carbons (Fsp3) is 0.889. The molecule has 0 heterocycles. The Hall–Kier alpha value is -0.660. The summed E-state index contributed by atoms with van der Waals surface area (Å²) >= 11 is 0. The molecule has 0 saturated heterocycles. The number of rotatable bonds is 8. The molecule has 0 aliphatic carbocycles. The van der Waals surface area contributed by atoms with Gasteiger partial charge in [0.2, 0.25) is 0 Å². The number of hydrogen-bond acceptors (Lipinski definition) is 3. The molecule has 6 nitrogen and oxygen atoms in total. The number of hydrogen-bond donors (Lipinski definition) is 3. The van der Waals surface area contributed by atoms with Gasteiger partial charge in [-0.1, -0.05) is 0 Å². The minimum atomic E-state index is -3.48. The van der Waals surface area contributed by atoms with Crippen molar-refractivity contribution in [2.24, 2.45) is 0 Å². The highest BCUT2D eigenvalue weighted by Gasteiger charge is 2.14. The molecule has 1 unspecified atom stereocenters. The van der Waals surface area contributed by atoms with Crippen molar-refractivity contribution in [1.82, 2.24) is 9.44 Å². The molecular formula is C9H20N2O4S. The first-order chi connectivity index (χ1) is 7.23. The quantitative estimate of drug-likeness (QED) is 0.585. The van der Waals surface area contributed by atoms with E-state index in [9.17, 15) is 13.2 Å². The maximum absolute atomic E-state index is 11.4. The maximum Gasteiger partial charge on any atom is 0.303 e. The normalized spacial score (nSPS) is 14.0. The van der Waals surface area contributed by atoms with Crippen LogP contribution in [-0.4, -0.2) is 31.6 Å². The van der Waals surface area contributed by atoms with E-state index in [1.54, 1.807) is 20.8 Å². The van der Waals surface area contributed by atoms with Gasteiger partial charge in [-0.15, -0.1) is 0 Å². The molecule has 0 aromatic rings. The minimum absolute atomic E-state index is 0.0592. The molecule has 0 aliphatic heterocycles. The number of aliphatic carboxylic acids is 1. The summed E-state index contributed by atoms with van der Waals surface area (Å²) in [5, 5.41) is 8.43. The van der Waals surface area contributed by atoms with Gasteiger partial charge in [-0.2, -0.15) is 17.9 Å². The molecule has 0 fully saturated rings. The summed E-state index contributed by atoms with van der Waals surface area (Å²) in [5.41, 5.74) is 0. The zero-order chi connectivity index (χ0) is 12.8. The monoisotopic (exact) mass is 252 g/mol. The molecule has 0 aliphatic rings. The van der Waals surface area contributed by atoms with Crippen LogP contribution >= 0.6 is 0 Å². The van der Waals surface area contributed by atoms with E-state index in [0.717, 1.165) is 0 Å². The van der Waals surface area contributed by atoms with Crippen molar-refractivity contribution in [2.45, 2.75) is 52.1 Å². The lowest BCUT2D eigenvalue weighted by Gasteiger charge is -2.15. The van der Waals surface area contributed by atoms with Crippen molar-refractivity contribution in [3.63, 3.8) is 0 Å². The summed E-state index contributed by atoms with van der Waals surface area (Å²) in [5.74, 6) is -0.865. The van der Waals surface area contributed by atoms with Crippen molar-refractivity contribution >= 4 is 16.2 Å². The molecule has 0 radical (unpaired) electrons. The largest absolute Gasteiger partial charge is 0.481 e. The van der Waals surface area contributed by atoms with E-state index in [1.165, 1.54) is 0 Å². The zero-order valence-electron chi connectivity index (χ0n) is 9.86. The summed E-state index contributed by atoms with van der Waals surface area (Å²) in [4.78, 5) is 10.3. The van der Waals surface area contributed by atoms with Gasteiger partial charge >= 0.3 is 5.97 Å². The van der Waals surface area contributed by atoms with Gasteiger partial charge in [0.15, 0.2) is 0 Å². The topological polar surface area (TPSA) is 95.5 Å². The van der Waals surface area contributed by atoms with Gasteiger partial charge in [-0.05, 0) is 33.6 Å². The Morgan fingerprint density at radius 1 is 1.25 bits per heavy atom. The first-order valence-electron chi connectivity index (χ1n) is 5.24. The number of carboxylic acids is 1. The second-order valence-corrected chi connectivity index (χ2v) is 5.56. The Morgan fingerprint density at radius 3 is 2.25 bits per heavy atom. The van der Waals surface area contributed by atoms with Gasteiger partial charge in [0.25, 0.3) is 10.2 Å². The third-order valence-corrected chi connectivity index (χ3v) is 3.27. The number of carboxylic acid groups (broad SMARTS) is 1. The SMILES string of the molecule is CC(C)NS(=O)(=O)NC(C)CCCC(=O)O. The lowest BCUT2D eigenvalue weighted by Crippen LogP contribution is -2.44. The fourth-order valence-electron chi connectivity index (χ4n) is 1.23. The first kappa shape index (κ1) is 15.3. The Balaban J connectivity index is 3.94. The lowest BCUT2D eigenvalue weighted by molar-refractivity contribution is -0.137. The Labute approximate surface area is 96.6 Å². The predicted molar refractivity (Wildman–Crippen MR) is 61.3 cm³/mol. The third kappa shape index (κ3) is 8.63. The van der Waals surface area contributed by atoms with Crippen molar-refractivity contribution < 1.29 is 18.3 Å². The van der Waals surface area contributed by atoms with Gasteiger partial charge in [-0.25, -0.2) is 0 Å². The van der Waals surface area contributed by atoms with Crippen LogP contribution in [-0.2, 0) is 15.0 Å². The predicted octanol–water partition coefficient (Wildman–Crippen LogP) is 0.462. The summed E-state index contributed by atoms with van der Waals surface area (Å²) in [6.07, 6.45) is 1.02. The van der Waals surface area contributed by atoms with Crippen molar-refractivity contribution in [2.75, 3.05) is 0 Å². The minimum Gasteiger partial charge on any atom is -0.481 e. The summed E-state index contributed by atoms with van der Waals surface area (Å²) < 4.78 is 27.6. The summed E-state index contributed by atoms with van der Waals surface area (Å²) in [6.45, 7) is 5.17. The van der Waals surface area contributed by atoms with Crippen LogP contribution in [0.5, 0.6) is 0 Å². The Bertz CT molecular complexity index is 313. The molecule has 96 valence electrons. The Morgan fingerprint density at radius 2 is 1.81 bits per heavy atom. The maximum atomic E-state index is 11.4. The van der Waals surface area contributed by atoms with Gasteiger partial charge in [0.1, 0.15) is 0 Å². The second kappa shape index (κ2) is 6.82. The number of nitrogens with one attached hydrogen (secondary N) is 2. The molecular weight excluding hydrogens is 232 g/mol. The van der Waals surface area contributed by atoms with Crippen LogP contribution < -0.4 is 9.44 Å². The third-order valence-electron chi connectivity index (χ3n) is 1.77. The van der Waals surface area contributed by atoms with E-state index in [0.29, 0.717) is 12.8 Å². The highest BCUT2D eigenvalue weighted by atomic mass is 32.2. The van der Waals surface area contributed by atoms with Crippen LogP contribution in [0.15, 0.2) is 0 Å². The van der Waals surface area contributed by atoms with E-state index in [2.05, 4.69) is 9.44 Å². The molecule has 0 aromatic carbocycles. The van der Waals surface area contributed by atoms with E-state index in [-0.39, 0.29) is 18.5 Å². The van der Waals surface area contributed by atoms with Crippen LogP contribution in [0, 0.1) is 0 Å². The molecule has 0 aromatic heterocycles. The van der Waals surface area contributed by atoms with Crippen LogP contribution in [0.2, 0.25) is 0 Å². The first-order valence-corrected chi connectivity index (χ1v) is 6.72. The van der Waals surface area contributed by atoms with Crippen LogP contribution in [0.1, 0.15) is 40.0 Å². The second-order valence-electron chi connectivity index (χ2n) is 4.08. The molecule has 3 N–H and O–H groups in total. The van der Waals surface area contributed by atoms with Gasteiger partial charge in [-0.3, -0.25) is 4.79 Å². The number of carbonyl (C=O) groups is 1. The van der Waals surface area contributed by atoms with Crippen molar-refractivity contribution in [1.29, 1.82) is 0 Å². The molecule has 0 bridgehead atoms.